The summed E-state index contributed by atoms with van der Waals surface area (Å²) in [6, 6.07) is 9.69. The standard InChI is InChI=1S/C15H16N4/c1-9(2)11-5-4-10(3)13(6-11)15-18-12(8-16)7-14(17)19-15/h4-7,9H,1-3H3,(H2,17,18,19). The first-order valence-electron chi connectivity index (χ1n) is 6.17. The van der Waals surface area contributed by atoms with E-state index in [-0.39, 0.29) is 5.69 Å². The second kappa shape index (κ2) is 5.07. The minimum Gasteiger partial charge on any atom is -0.384 e. The van der Waals surface area contributed by atoms with E-state index in [1.165, 1.54) is 11.6 Å². The maximum absolute atomic E-state index is 8.95. The van der Waals surface area contributed by atoms with Gasteiger partial charge in [-0.25, -0.2) is 9.97 Å². The second-order valence-electron chi connectivity index (χ2n) is 4.84. The molecule has 0 saturated heterocycles. The van der Waals surface area contributed by atoms with Crippen molar-refractivity contribution in [2.24, 2.45) is 0 Å². The van der Waals surface area contributed by atoms with Crippen LogP contribution in [0.25, 0.3) is 11.4 Å². The number of benzene rings is 1. The van der Waals surface area contributed by atoms with Crippen LogP contribution in [0.4, 0.5) is 5.82 Å². The number of aryl methyl sites for hydroxylation is 1. The van der Waals surface area contributed by atoms with E-state index in [4.69, 9.17) is 11.0 Å². The normalized spacial score (nSPS) is 10.5. The van der Waals surface area contributed by atoms with Crippen LogP contribution in [0.15, 0.2) is 24.3 Å². The van der Waals surface area contributed by atoms with Crippen molar-refractivity contribution in [2.45, 2.75) is 26.7 Å². The zero-order chi connectivity index (χ0) is 14.0. The lowest BCUT2D eigenvalue weighted by atomic mass is 9.97. The molecule has 4 heteroatoms. The second-order valence-corrected chi connectivity index (χ2v) is 4.84. The molecule has 0 amide bonds. The van der Waals surface area contributed by atoms with Gasteiger partial charge in [-0.1, -0.05) is 26.0 Å². The molecule has 0 radical (unpaired) electrons. The molecular formula is C15H16N4. The van der Waals surface area contributed by atoms with Gasteiger partial charge in [-0.15, -0.1) is 0 Å². The van der Waals surface area contributed by atoms with Gasteiger partial charge in [0.15, 0.2) is 5.82 Å². The molecule has 0 bridgehead atoms. The minimum atomic E-state index is 0.289. The van der Waals surface area contributed by atoms with E-state index < -0.39 is 0 Å². The highest BCUT2D eigenvalue weighted by molar-refractivity contribution is 5.63. The number of nitriles is 1. The van der Waals surface area contributed by atoms with Gasteiger partial charge in [0.2, 0.25) is 0 Å². The van der Waals surface area contributed by atoms with E-state index in [1.807, 2.05) is 19.1 Å². The highest BCUT2D eigenvalue weighted by Crippen LogP contribution is 2.25. The summed E-state index contributed by atoms with van der Waals surface area (Å²) in [5.74, 6) is 1.25. The molecule has 4 nitrogen and oxygen atoms in total. The number of nitrogens with two attached hydrogens (primary N) is 1. The molecule has 0 saturated carbocycles. The monoisotopic (exact) mass is 252 g/mol. The van der Waals surface area contributed by atoms with Crippen molar-refractivity contribution in [3.8, 4) is 17.5 Å². The van der Waals surface area contributed by atoms with Crippen molar-refractivity contribution in [1.82, 2.24) is 9.97 Å². The number of hydrogen-bond acceptors (Lipinski definition) is 4. The Kier molecular flexibility index (Phi) is 3.48. The lowest BCUT2D eigenvalue weighted by Crippen LogP contribution is -2.00. The maximum Gasteiger partial charge on any atom is 0.163 e. The van der Waals surface area contributed by atoms with Crippen LogP contribution in [-0.2, 0) is 0 Å². The van der Waals surface area contributed by atoms with Crippen LogP contribution in [0.2, 0.25) is 0 Å². The van der Waals surface area contributed by atoms with Crippen LogP contribution >= 0.6 is 0 Å². The molecule has 19 heavy (non-hydrogen) atoms. The summed E-state index contributed by atoms with van der Waals surface area (Å²) >= 11 is 0. The Labute approximate surface area is 112 Å². The highest BCUT2D eigenvalue weighted by Gasteiger charge is 2.10. The van der Waals surface area contributed by atoms with Crippen molar-refractivity contribution in [1.29, 1.82) is 5.26 Å². The number of anilines is 1. The van der Waals surface area contributed by atoms with Crippen molar-refractivity contribution < 1.29 is 0 Å². The molecule has 0 fully saturated rings. The maximum atomic E-state index is 8.95. The van der Waals surface area contributed by atoms with Gasteiger partial charge in [-0.05, 0) is 30.0 Å². The van der Waals surface area contributed by atoms with Crippen LogP contribution in [0, 0.1) is 18.3 Å². The molecule has 0 aliphatic rings. The summed E-state index contributed by atoms with van der Waals surface area (Å²) in [6.45, 7) is 6.27. The first-order chi connectivity index (χ1) is 9.01. The molecular weight excluding hydrogens is 236 g/mol. The number of nitrogen functional groups attached to an aromatic ring is 1. The molecule has 0 unspecified atom stereocenters. The summed E-state index contributed by atoms with van der Waals surface area (Å²) in [6.07, 6.45) is 0. The molecule has 0 aliphatic heterocycles. The number of hydrogen-bond donors (Lipinski definition) is 1. The van der Waals surface area contributed by atoms with Crippen molar-refractivity contribution >= 4 is 5.82 Å². The van der Waals surface area contributed by atoms with E-state index in [9.17, 15) is 0 Å². The molecule has 2 rings (SSSR count). The Morgan fingerprint density at radius 1 is 1.21 bits per heavy atom. The zero-order valence-electron chi connectivity index (χ0n) is 11.3. The lowest BCUT2D eigenvalue weighted by Gasteiger charge is -2.10. The van der Waals surface area contributed by atoms with Gasteiger partial charge in [0.1, 0.15) is 17.6 Å². The Balaban J connectivity index is 2.61. The van der Waals surface area contributed by atoms with Crippen molar-refractivity contribution in [3.05, 3.63) is 41.1 Å². The lowest BCUT2D eigenvalue weighted by molar-refractivity contribution is 0.866. The SMILES string of the molecule is Cc1ccc(C(C)C)cc1-c1nc(N)cc(C#N)n1. The molecule has 2 aromatic rings. The average molecular weight is 252 g/mol. The highest BCUT2D eigenvalue weighted by atomic mass is 14.9. The van der Waals surface area contributed by atoms with Crippen LogP contribution in [0.3, 0.4) is 0 Å². The third-order valence-electron chi connectivity index (χ3n) is 3.03. The first-order valence-corrected chi connectivity index (χ1v) is 6.17. The molecule has 0 atom stereocenters. The molecule has 2 N–H and O–H groups in total. The Morgan fingerprint density at radius 2 is 1.95 bits per heavy atom. The molecule has 0 aliphatic carbocycles. The van der Waals surface area contributed by atoms with Crippen LogP contribution in [0.5, 0.6) is 0 Å². The summed E-state index contributed by atoms with van der Waals surface area (Å²) in [4.78, 5) is 8.46. The predicted molar refractivity (Wildman–Crippen MR) is 75.4 cm³/mol. The third kappa shape index (κ3) is 2.71. The number of nitrogens with zero attached hydrogens (tertiary/aromatic N) is 3. The Bertz CT molecular complexity index is 654. The molecule has 1 heterocycles. The Morgan fingerprint density at radius 3 is 2.58 bits per heavy atom. The fraction of sp³-hybridized carbons (Fsp3) is 0.267. The first kappa shape index (κ1) is 13.0. The van der Waals surface area contributed by atoms with E-state index in [2.05, 4.69) is 35.9 Å². The third-order valence-corrected chi connectivity index (χ3v) is 3.03. The van der Waals surface area contributed by atoms with E-state index in [0.29, 0.717) is 17.6 Å². The summed E-state index contributed by atoms with van der Waals surface area (Å²) in [5, 5.41) is 8.95. The van der Waals surface area contributed by atoms with Crippen molar-refractivity contribution in [2.75, 3.05) is 5.73 Å². The molecule has 96 valence electrons. The fourth-order valence-electron chi connectivity index (χ4n) is 1.88. The van der Waals surface area contributed by atoms with Gasteiger partial charge < -0.3 is 5.73 Å². The Hall–Kier alpha value is -2.41. The summed E-state index contributed by atoms with van der Waals surface area (Å²) < 4.78 is 0. The average Bonchev–Trinajstić information content (AvgIpc) is 2.38. The minimum absolute atomic E-state index is 0.289. The van der Waals surface area contributed by atoms with Gasteiger partial charge in [-0.2, -0.15) is 5.26 Å². The van der Waals surface area contributed by atoms with Crippen LogP contribution < -0.4 is 5.73 Å². The van der Waals surface area contributed by atoms with E-state index >= 15 is 0 Å². The van der Waals surface area contributed by atoms with Gasteiger partial charge in [-0.3, -0.25) is 0 Å². The fourth-order valence-corrected chi connectivity index (χ4v) is 1.88. The largest absolute Gasteiger partial charge is 0.384 e. The molecule has 0 spiro atoms. The van der Waals surface area contributed by atoms with E-state index in [1.54, 1.807) is 0 Å². The summed E-state index contributed by atoms with van der Waals surface area (Å²) in [5.41, 5.74) is 9.21. The quantitative estimate of drug-likeness (QED) is 0.891. The molecule has 1 aromatic carbocycles. The predicted octanol–water partition coefficient (Wildman–Crippen LogP) is 3.03. The number of aromatic nitrogens is 2. The molecule has 1 aromatic heterocycles. The van der Waals surface area contributed by atoms with Gasteiger partial charge in [0, 0.05) is 11.6 Å². The zero-order valence-corrected chi connectivity index (χ0v) is 11.3. The summed E-state index contributed by atoms with van der Waals surface area (Å²) in [7, 11) is 0. The van der Waals surface area contributed by atoms with Crippen molar-refractivity contribution in [3.63, 3.8) is 0 Å². The van der Waals surface area contributed by atoms with Crippen LogP contribution in [-0.4, -0.2) is 9.97 Å². The van der Waals surface area contributed by atoms with Gasteiger partial charge in [0.25, 0.3) is 0 Å². The van der Waals surface area contributed by atoms with Crippen LogP contribution in [0.1, 0.15) is 36.6 Å². The van der Waals surface area contributed by atoms with E-state index in [0.717, 1.165) is 11.1 Å². The van der Waals surface area contributed by atoms with Gasteiger partial charge >= 0.3 is 0 Å². The smallest absolute Gasteiger partial charge is 0.163 e. The topological polar surface area (TPSA) is 75.6 Å². The number of rotatable bonds is 2. The van der Waals surface area contributed by atoms with Gasteiger partial charge in [0.05, 0.1) is 0 Å².